The van der Waals surface area contributed by atoms with Crippen LogP contribution in [0.4, 0.5) is 5.82 Å². The summed E-state index contributed by atoms with van der Waals surface area (Å²) in [7, 11) is 0. The molecule has 3 heterocycles. The van der Waals surface area contributed by atoms with Crippen molar-refractivity contribution in [2.24, 2.45) is 11.8 Å². The number of thiophene rings is 1. The summed E-state index contributed by atoms with van der Waals surface area (Å²) >= 11 is 1.59. The number of carbonyl (C=O) groups is 2. The van der Waals surface area contributed by atoms with Crippen LogP contribution in [0.15, 0.2) is 17.8 Å². The van der Waals surface area contributed by atoms with Crippen LogP contribution in [0.2, 0.25) is 0 Å². The number of anilines is 1. The maximum atomic E-state index is 12.3. The van der Waals surface area contributed by atoms with E-state index in [1.807, 2.05) is 11.4 Å². The van der Waals surface area contributed by atoms with Gasteiger partial charge in [-0.3, -0.25) is 9.59 Å². The van der Waals surface area contributed by atoms with Crippen molar-refractivity contribution in [3.05, 3.63) is 17.8 Å². The molecule has 2 aromatic rings. The van der Waals surface area contributed by atoms with Crippen LogP contribution in [0, 0.1) is 11.8 Å². The predicted molar refractivity (Wildman–Crippen MR) is 85.4 cm³/mol. The molecule has 1 N–H and O–H groups in total. The molecule has 2 aromatic heterocycles. The van der Waals surface area contributed by atoms with Gasteiger partial charge in [0, 0.05) is 26.2 Å². The van der Waals surface area contributed by atoms with Gasteiger partial charge in [0.1, 0.15) is 17.0 Å². The third-order valence-corrected chi connectivity index (χ3v) is 5.38. The van der Waals surface area contributed by atoms with E-state index in [0.717, 1.165) is 16.0 Å². The first-order chi connectivity index (χ1) is 11.1. The number of amides is 1. The number of aliphatic carboxylic acids is 1. The quantitative estimate of drug-likeness (QED) is 0.904. The van der Waals surface area contributed by atoms with Gasteiger partial charge in [-0.15, -0.1) is 11.3 Å². The lowest BCUT2D eigenvalue weighted by molar-refractivity contribution is -0.142. The van der Waals surface area contributed by atoms with Gasteiger partial charge in [-0.05, 0) is 17.9 Å². The summed E-state index contributed by atoms with van der Waals surface area (Å²) in [4.78, 5) is 36.8. The minimum atomic E-state index is -0.858. The molecule has 1 aliphatic carbocycles. The minimum absolute atomic E-state index is 0.0135. The molecule has 4 rings (SSSR count). The number of carboxylic acids is 1. The monoisotopic (exact) mass is 332 g/mol. The molecule has 1 saturated carbocycles. The van der Waals surface area contributed by atoms with Gasteiger partial charge in [-0.1, -0.05) is 0 Å². The molecule has 2 fully saturated rings. The summed E-state index contributed by atoms with van der Waals surface area (Å²) in [6, 6.07) is 2.02. The number of piperazine rings is 1. The smallest absolute Gasteiger partial charge is 0.307 e. The highest BCUT2D eigenvalue weighted by Crippen LogP contribution is 2.40. The Hall–Kier alpha value is -2.22. The summed E-state index contributed by atoms with van der Waals surface area (Å²) in [5.41, 5.74) is 0. The van der Waals surface area contributed by atoms with Crippen LogP contribution in [0.3, 0.4) is 0 Å². The van der Waals surface area contributed by atoms with Gasteiger partial charge in [0.15, 0.2) is 0 Å². The standard InChI is InChI=1S/C15H16N4O3S/c20-14(10-7-11(10)15(21)22)19-4-2-18(3-5-19)12-9-1-6-23-13(9)17-8-16-12/h1,6,8,10-11H,2-5,7H2,(H,21,22)/t10-,11-/m1/s1. The van der Waals surface area contributed by atoms with Crippen molar-refractivity contribution in [1.29, 1.82) is 0 Å². The highest BCUT2D eigenvalue weighted by Gasteiger charge is 2.50. The summed E-state index contributed by atoms with van der Waals surface area (Å²) in [5.74, 6) is -0.754. The fourth-order valence-corrected chi connectivity index (χ4v) is 3.87. The molecule has 0 aromatic carbocycles. The van der Waals surface area contributed by atoms with Crippen molar-refractivity contribution in [2.45, 2.75) is 6.42 Å². The minimum Gasteiger partial charge on any atom is -0.481 e. The van der Waals surface area contributed by atoms with Crippen molar-refractivity contribution in [1.82, 2.24) is 14.9 Å². The molecule has 2 atom stereocenters. The lowest BCUT2D eigenvalue weighted by atomic mass is 10.2. The maximum absolute atomic E-state index is 12.3. The van der Waals surface area contributed by atoms with Crippen LogP contribution in [0.25, 0.3) is 10.2 Å². The van der Waals surface area contributed by atoms with E-state index in [1.54, 1.807) is 22.6 Å². The van der Waals surface area contributed by atoms with E-state index >= 15 is 0 Å². The molecule has 23 heavy (non-hydrogen) atoms. The Morgan fingerprint density at radius 3 is 2.65 bits per heavy atom. The molecule has 8 heteroatoms. The first kappa shape index (κ1) is 14.4. The zero-order valence-corrected chi connectivity index (χ0v) is 13.2. The third kappa shape index (κ3) is 2.52. The Bertz CT molecular complexity index is 769. The number of nitrogens with zero attached hydrogens (tertiary/aromatic N) is 4. The molecule has 2 aliphatic rings. The van der Waals surface area contributed by atoms with Crippen molar-refractivity contribution in [3.63, 3.8) is 0 Å². The Morgan fingerprint density at radius 1 is 1.17 bits per heavy atom. The van der Waals surface area contributed by atoms with Gasteiger partial charge in [-0.2, -0.15) is 0 Å². The van der Waals surface area contributed by atoms with E-state index in [4.69, 9.17) is 5.11 Å². The van der Waals surface area contributed by atoms with Crippen molar-refractivity contribution >= 4 is 39.2 Å². The molecule has 0 radical (unpaired) electrons. The van der Waals surface area contributed by atoms with Crippen LogP contribution < -0.4 is 4.90 Å². The first-order valence-corrected chi connectivity index (χ1v) is 8.48. The zero-order valence-electron chi connectivity index (χ0n) is 12.4. The van der Waals surface area contributed by atoms with Crippen LogP contribution in [0.5, 0.6) is 0 Å². The van der Waals surface area contributed by atoms with Gasteiger partial charge in [0.2, 0.25) is 5.91 Å². The second kappa shape index (κ2) is 5.45. The summed E-state index contributed by atoms with van der Waals surface area (Å²) in [6.45, 7) is 2.63. The topological polar surface area (TPSA) is 86.6 Å². The van der Waals surface area contributed by atoms with Crippen LogP contribution >= 0.6 is 11.3 Å². The van der Waals surface area contributed by atoms with Gasteiger partial charge in [0.05, 0.1) is 17.2 Å². The zero-order chi connectivity index (χ0) is 16.0. The molecule has 1 aliphatic heterocycles. The average molecular weight is 332 g/mol. The largest absolute Gasteiger partial charge is 0.481 e. The number of aromatic nitrogens is 2. The number of hydrogen-bond donors (Lipinski definition) is 1. The Labute approximate surface area is 136 Å². The van der Waals surface area contributed by atoms with E-state index in [0.29, 0.717) is 32.6 Å². The van der Waals surface area contributed by atoms with Gasteiger partial charge in [0.25, 0.3) is 0 Å². The van der Waals surface area contributed by atoms with Crippen LogP contribution in [-0.4, -0.2) is 58.0 Å². The van der Waals surface area contributed by atoms with Crippen molar-refractivity contribution in [2.75, 3.05) is 31.1 Å². The molecule has 0 unspecified atom stereocenters. The molecule has 120 valence electrons. The number of fused-ring (bicyclic) bond motifs is 1. The van der Waals surface area contributed by atoms with Crippen LogP contribution in [-0.2, 0) is 9.59 Å². The van der Waals surface area contributed by atoms with E-state index < -0.39 is 11.9 Å². The number of carboxylic acid groups (broad SMARTS) is 1. The Kier molecular flexibility index (Phi) is 3.41. The highest BCUT2D eigenvalue weighted by molar-refractivity contribution is 7.16. The summed E-state index contributed by atoms with van der Waals surface area (Å²) in [6.07, 6.45) is 2.06. The molecule has 0 bridgehead atoms. The SMILES string of the molecule is O=C(O)[C@@H]1C[C@H]1C(=O)N1CCN(c2ncnc3sccc23)CC1. The second-order valence-electron chi connectivity index (χ2n) is 5.94. The van der Waals surface area contributed by atoms with Gasteiger partial charge in [-0.25, -0.2) is 9.97 Å². The number of carbonyl (C=O) groups excluding carboxylic acids is 1. The molecule has 1 amide bonds. The van der Waals surface area contributed by atoms with Crippen molar-refractivity contribution < 1.29 is 14.7 Å². The lowest BCUT2D eigenvalue weighted by Gasteiger charge is -2.35. The normalized spacial score (nSPS) is 24.0. The molecule has 7 nitrogen and oxygen atoms in total. The predicted octanol–water partition coefficient (Wildman–Crippen LogP) is 1.06. The Balaban J connectivity index is 1.42. The first-order valence-electron chi connectivity index (χ1n) is 7.60. The number of hydrogen-bond acceptors (Lipinski definition) is 6. The summed E-state index contributed by atoms with van der Waals surface area (Å²) < 4.78 is 0. The van der Waals surface area contributed by atoms with E-state index in [9.17, 15) is 9.59 Å². The van der Waals surface area contributed by atoms with E-state index in [1.165, 1.54) is 0 Å². The maximum Gasteiger partial charge on any atom is 0.307 e. The lowest BCUT2D eigenvalue weighted by Crippen LogP contribution is -2.49. The highest BCUT2D eigenvalue weighted by atomic mass is 32.1. The van der Waals surface area contributed by atoms with E-state index in [-0.39, 0.29) is 11.8 Å². The average Bonchev–Trinajstić information content (AvgIpc) is 3.24. The van der Waals surface area contributed by atoms with E-state index in [2.05, 4.69) is 14.9 Å². The van der Waals surface area contributed by atoms with Crippen molar-refractivity contribution in [3.8, 4) is 0 Å². The fraction of sp³-hybridized carbons (Fsp3) is 0.467. The second-order valence-corrected chi connectivity index (χ2v) is 6.83. The van der Waals surface area contributed by atoms with Gasteiger partial charge < -0.3 is 14.9 Å². The van der Waals surface area contributed by atoms with Crippen LogP contribution in [0.1, 0.15) is 6.42 Å². The molecular formula is C15H16N4O3S. The fourth-order valence-electron chi connectivity index (χ4n) is 3.14. The molecule has 0 spiro atoms. The number of rotatable bonds is 3. The summed E-state index contributed by atoms with van der Waals surface area (Å²) in [5, 5.41) is 12.0. The molecule has 1 saturated heterocycles. The molecular weight excluding hydrogens is 316 g/mol. The van der Waals surface area contributed by atoms with Gasteiger partial charge >= 0.3 is 5.97 Å². The Morgan fingerprint density at radius 2 is 1.96 bits per heavy atom. The third-order valence-electron chi connectivity index (χ3n) is 4.56.